The van der Waals surface area contributed by atoms with Gasteiger partial charge in [0.05, 0.1) is 13.2 Å². The highest BCUT2D eigenvalue weighted by molar-refractivity contribution is 5.98. The monoisotopic (exact) mass is 353 g/mol. The number of nitrogens with zero attached hydrogens (tertiary/aromatic N) is 2. The van der Waals surface area contributed by atoms with Crippen LogP contribution in [0.3, 0.4) is 0 Å². The van der Waals surface area contributed by atoms with Crippen molar-refractivity contribution in [1.82, 2.24) is 10.2 Å². The second-order valence-electron chi connectivity index (χ2n) is 6.27. The van der Waals surface area contributed by atoms with Crippen molar-refractivity contribution in [3.8, 4) is 5.75 Å². The summed E-state index contributed by atoms with van der Waals surface area (Å²) in [6, 6.07) is 14.6. The molecule has 0 saturated carbocycles. The Kier molecular flexibility index (Phi) is 5.11. The fourth-order valence-corrected chi connectivity index (χ4v) is 3.12. The lowest BCUT2D eigenvalue weighted by Crippen LogP contribution is -2.31. The van der Waals surface area contributed by atoms with E-state index < -0.39 is 0 Å². The number of ether oxygens (including phenoxy) is 1. The van der Waals surface area contributed by atoms with E-state index in [4.69, 9.17) is 4.74 Å². The Morgan fingerprint density at radius 3 is 2.69 bits per heavy atom. The fraction of sp³-hybridized carbons (Fsp3) is 0.300. The number of hydrogen-bond donors (Lipinski definition) is 1. The van der Waals surface area contributed by atoms with E-state index in [2.05, 4.69) is 5.32 Å². The van der Waals surface area contributed by atoms with Crippen molar-refractivity contribution in [1.29, 1.82) is 0 Å². The van der Waals surface area contributed by atoms with Gasteiger partial charge in [0.1, 0.15) is 5.75 Å². The third-order valence-electron chi connectivity index (χ3n) is 4.75. The van der Waals surface area contributed by atoms with Gasteiger partial charge in [0.25, 0.3) is 5.91 Å². The molecule has 0 aliphatic carbocycles. The normalized spacial score (nSPS) is 14.7. The topological polar surface area (TPSA) is 61.9 Å². The summed E-state index contributed by atoms with van der Waals surface area (Å²) < 4.78 is 5.41. The average molecular weight is 353 g/mol. The zero-order valence-electron chi connectivity index (χ0n) is 15.2. The lowest BCUT2D eigenvalue weighted by molar-refractivity contribution is 0.0741. The highest BCUT2D eigenvalue weighted by Gasteiger charge is 2.24. The van der Waals surface area contributed by atoms with E-state index in [0.29, 0.717) is 18.7 Å². The predicted octanol–water partition coefficient (Wildman–Crippen LogP) is 3.06. The highest BCUT2D eigenvalue weighted by atomic mass is 16.5. The first kappa shape index (κ1) is 17.8. The Hall–Kier alpha value is -3.02. The number of amides is 3. The van der Waals surface area contributed by atoms with Crippen molar-refractivity contribution in [3.63, 3.8) is 0 Å². The number of rotatable bonds is 5. The van der Waals surface area contributed by atoms with Gasteiger partial charge in [-0.25, -0.2) is 4.79 Å². The molecule has 2 aromatic carbocycles. The number of methoxy groups -OCH3 is 1. The Morgan fingerprint density at radius 1 is 1.23 bits per heavy atom. The highest BCUT2D eigenvalue weighted by Crippen LogP contribution is 2.29. The molecule has 1 heterocycles. The third-order valence-corrected chi connectivity index (χ3v) is 4.75. The molecule has 2 aromatic rings. The molecule has 1 N–H and O–H groups in total. The number of benzene rings is 2. The minimum Gasteiger partial charge on any atom is -0.496 e. The SMILES string of the molecule is COc1ccccc1C(C)N(C)C(=O)c1cccc(N2CCNC2=O)c1. The Balaban J connectivity index is 1.83. The molecule has 26 heavy (non-hydrogen) atoms. The molecule has 1 aliphatic heterocycles. The largest absolute Gasteiger partial charge is 0.496 e. The maximum absolute atomic E-state index is 13.0. The first-order valence-corrected chi connectivity index (χ1v) is 8.58. The third kappa shape index (κ3) is 3.35. The lowest BCUT2D eigenvalue weighted by Gasteiger charge is -2.27. The zero-order chi connectivity index (χ0) is 18.7. The number of carbonyl (C=O) groups is 2. The molecule has 1 atom stereocenters. The standard InChI is InChI=1S/C20H23N3O3/c1-14(17-9-4-5-10-18(17)26-3)22(2)19(24)15-7-6-8-16(13-15)23-12-11-21-20(23)25/h4-10,13-14H,11-12H2,1-3H3,(H,21,25). The molecule has 6 nitrogen and oxygen atoms in total. The van der Waals surface area contributed by atoms with E-state index in [0.717, 1.165) is 17.0 Å². The number of carbonyl (C=O) groups excluding carboxylic acids is 2. The molecule has 3 amide bonds. The Labute approximate surface area is 153 Å². The summed E-state index contributed by atoms with van der Waals surface area (Å²) in [7, 11) is 3.40. The molecular formula is C20H23N3O3. The van der Waals surface area contributed by atoms with E-state index in [1.807, 2.05) is 37.3 Å². The van der Waals surface area contributed by atoms with Crippen LogP contribution in [0.25, 0.3) is 0 Å². The smallest absolute Gasteiger partial charge is 0.321 e. The number of urea groups is 1. The molecule has 0 aromatic heterocycles. The molecule has 1 saturated heterocycles. The average Bonchev–Trinajstić information content (AvgIpc) is 3.12. The van der Waals surface area contributed by atoms with Gasteiger partial charge in [0.2, 0.25) is 0 Å². The van der Waals surface area contributed by atoms with Gasteiger partial charge in [-0.3, -0.25) is 9.69 Å². The maximum atomic E-state index is 13.0. The van der Waals surface area contributed by atoms with Crippen molar-refractivity contribution in [2.45, 2.75) is 13.0 Å². The van der Waals surface area contributed by atoms with Gasteiger partial charge in [-0.15, -0.1) is 0 Å². The quantitative estimate of drug-likeness (QED) is 0.899. The van der Waals surface area contributed by atoms with Crippen LogP contribution in [0.2, 0.25) is 0 Å². The summed E-state index contributed by atoms with van der Waals surface area (Å²) >= 11 is 0. The molecule has 0 bridgehead atoms. The van der Waals surface area contributed by atoms with Gasteiger partial charge in [-0.1, -0.05) is 24.3 Å². The molecular weight excluding hydrogens is 330 g/mol. The van der Waals surface area contributed by atoms with E-state index >= 15 is 0 Å². The van der Waals surface area contributed by atoms with Crippen molar-refractivity contribution < 1.29 is 14.3 Å². The lowest BCUT2D eigenvalue weighted by atomic mass is 10.0. The minimum atomic E-state index is -0.155. The summed E-state index contributed by atoms with van der Waals surface area (Å²) in [6.45, 7) is 3.18. The molecule has 1 unspecified atom stereocenters. The summed E-state index contributed by atoms with van der Waals surface area (Å²) in [4.78, 5) is 28.2. The van der Waals surface area contributed by atoms with Gasteiger partial charge in [0, 0.05) is 37.0 Å². The molecule has 136 valence electrons. The fourth-order valence-electron chi connectivity index (χ4n) is 3.12. The number of hydrogen-bond acceptors (Lipinski definition) is 3. The van der Waals surface area contributed by atoms with Crippen LogP contribution in [0, 0.1) is 0 Å². The van der Waals surface area contributed by atoms with E-state index in [1.54, 1.807) is 42.2 Å². The zero-order valence-corrected chi connectivity index (χ0v) is 15.2. The van der Waals surface area contributed by atoms with E-state index in [-0.39, 0.29) is 18.0 Å². The molecule has 6 heteroatoms. The van der Waals surface area contributed by atoms with Crippen LogP contribution in [0.15, 0.2) is 48.5 Å². The Morgan fingerprint density at radius 2 is 2.00 bits per heavy atom. The summed E-state index contributed by atoms with van der Waals surface area (Å²) in [5.74, 6) is 0.645. The molecule has 3 rings (SSSR count). The van der Waals surface area contributed by atoms with Gasteiger partial charge >= 0.3 is 6.03 Å². The number of para-hydroxylation sites is 1. The first-order chi connectivity index (χ1) is 12.5. The van der Waals surface area contributed by atoms with Crippen LogP contribution in [-0.2, 0) is 0 Å². The van der Waals surface area contributed by atoms with Gasteiger partial charge in [-0.05, 0) is 31.2 Å². The van der Waals surface area contributed by atoms with Gasteiger partial charge < -0.3 is 15.0 Å². The van der Waals surface area contributed by atoms with Crippen LogP contribution in [0.4, 0.5) is 10.5 Å². The second kappa shape index (κ2) is 7.47. The van der Waals surface area contributed by atoms with Gasteiger partial charge in [-0.2, -0.15) is 0 Å². The van der Waals surface area contributed by atoms with E-state index in [9.17, 15) is 9.59 Å². The molecule has 1 aliphatic rings. The van der Waals surface area contributed by atoms with Gasteiger partial charge in [0.15, 0.2) is 0 Å². The van der Waals surface area contributed by atoms with Crippen LogP contribution >= 0.6 is 0 Å². The minimum absolute atomic E-state index is 0.107. The van der Waals surface area contributed by atoms with Crippen LogP contribution in [0.5, 0.6) is 5.75 Å². The van der Waals surface area contributed by atoms with E-state index in [1.165, 1.54) is 0 Å². The summed E-state index contributed by atoms with van der Waals surface area (Å²) in [5.41, 5.74) is 2.22. The van der Waals surface area contributed by atoms with Crippen molar-refractivity contribution in [2.75, 3.05) is 32.1 Å². The second-order valence-corrected chi connectivity index (χ2v) is 6.27. The van der Waals surface area contributed by atoms with Crippen LogP contribution in [0.1, 0.15) is 28.9 Å². The maximum Gasteiger partial charge on any atom is 0.321 e. The molecule has 0 radical (unpaired) electrons. The number of anilines is 1. The number of nitrogens with one attached hydrogen (secondary N) is 1. The van der Waals surface area contributed by atoms with Crippen molar-refractivity contribution in [3.05, 3.63) is 59.7 Å². The molecule has 1 fully saturated rings. The van der Waals surface area contributed by atoms with Crippen LogP contribution < -0.4 is 15.0 Å². The van der Waals surface area contributed by atoms with Crippen molar-refractivity contribution in [2.24, 2.45) is 0 Å². The van der Waals surface area contributed by atoms with Crippen molar-refractivity contribution >= 4 is 17.6 Å². The van der Waals surface area contributed by atoms with Crippen LogP contribution in [-0.4, -0.2) is 44.1 Å². The first-order valence-electron chi connectivity index (χ1n) is 8.58. The predicted molar refractivity (Wildman–Crippen MR) is 101 cm³/mol. The summed E-state index contributed by atoms with van der Waals surface area (Å²) in [5, 5.41) is 2.77. The molecule has 0 spiro atoms. The Bertz CT molecular complexity index is 821. The summed E-state index contributed by atoms with van der Waals surface area (Å²) in [6.07, 6.45) is 0.